The van der Waals surface area contributed by atoms with Crippen LogP contribution in [0.2, 0.25) is 13.6 Å². The largest absolute Gasteiger partial charge is 0.437 e. The molecule has 0 heterocycles. The molecule has 1 aromatic rings. The highest BCUT2D eigenvalue weighted by molar-refractivity contribution is 6.45. The number of hydrogen-bond donors (Lipinski definition) is 6. The maximum Gasteiger partial charge on any atom is 0.374 e. The van der Waals surface area contributed by atoms with E-state index in [1.165, 1.54) is 5.56 Å². The van der Waals surface area contributed by atoms with Gasteiger partial charge in [0.05, 0.1) is 0 Å². The van der Waals surface area contributed by atoms with Gasteiger partial charge in [0.15, 0.2) is 0 Å². The number of benzene rings is 1. The van der Waals surface area contributed by atoms with E-state index in [9.17, 15) is 0 Å². The molecular formula is C11H24B2N4O2. The third-order valence-electron chi connectivity index (χ3n) is 2.11. The first-order valence-corrected chi connectivity index (χ1v) is 6.34. The number of nitrogens with two attached hydrogens (primary N) is 1. The molecule has 0 amide bonds. The zero-order valence-electron chi connectivity index (χ0n) is 11.6. The van der Waals surface area contributed by atoms with Gasteiger partial charge in [-0.15, -0.1) is 0 Å². The topological polar surface area (TPSA) is 103 Å². The molecule has 0 bridgehead atoms. The predicted octanol–water partition coefficient (Wildman–Crippen LogP) is -0.964. The molecule has 0 atom stereocenters. The third kappa shape index (κ3) is 13.3. The van der Waals surface area contributed by atoms with E-state index in [1.807, 2.05) is 18.2 Å². The minimum Gasteiger partial charge on any atom is -0.437 e. The number of rotatable bonds is 7. The van der Waals surface area contributed by atoms with Gasteiger partial charge < -0.3 is 31.6 Å². The molecule has 0 radical (unpaired) electrons. The van der Waals surface area contributed by atoms with Crippen molar-refractivity contribution in [2.75, 3.05) is 13.3 Å². The van der Waals surface area contributed by atoms with Gasteiger partial charge in [0.2, 0.25) is 0 Å². The molecule has 19 heavy (non-hydrogen) atoms. The summed E-state index contributed by atoms with van der Waals surface area (Å²) in [6.07, 6.45) is 0. The van der Waals surface area contributed by atoms with Crippen LogP contribution in [0, 0.1) is 0 Å². The zero-order chi connectivity index (χ0) is 14.5. The predicted molar refractivity (Wildman–Crippen MR) is 81.1 cm³/mol. The fourth-order valence-corrected chi connectivity index (χ4v) is 1.19. The molecule has 0 spiro atoms. The summed E-state index contributed by atoms with van der Waals surface area (Å²) >= 11 is 0. The first-order chi connectivity index (χ1) is 9.06. The molecular weight excluding hydrogens is 242 g/mol. The van der Waals surface area contributed by atoms with Crippen molar-refractivity contribution in [2.45, 2.75) is 20.2 Å². The fraction of sp³-hybridized carbons (Fsp3) is 0.455. The number of hydrogen-bond acceptors (Lipinski definition) is 6. The van der Waals surface area contributed by atoms with Gasteiger partial charge in [-0.1, -0.05) is 30.3 Å². The first-order valence-electron chi connectivity index (χ1n) is 6.34. The van der Waals surface area contributed by atoms with Crippen LogP contribution in [-0.4, -0.2) is 37.5 Å². The summed E-state index contributed by atoms with van der Waals surface area (Å²) in [4.78, 5) is 0. The molecule has 8 heteroatoms. The van der Waals surface area contributed by atoms with Crippen LogP contribution in [0.5, 0.6) is 0 Å². The van der Waals surface area contributed by atoms with Crippen molar-refractivity contribution >= 4 is 14.1 Å². The van der Waals surface area contributed by atoms with Crippen molar-refractivity contribution < 1.29 is 10.0 Å². The van der Waals surface area contributed by atoms with Crippen LogP contribution in [0.4, 0.5) is 0 Å². The van der Waals surface area contributed by atoms with Gasteiger partial charge in [-0.2, -0.15) is 0 Å². The average molecular weight is 266 g/mol. The van der Waals surface area contributed by atoms with Crippen LogP contribution in [0.3, 0.4) is 0 Å². The Labute approximate surface area is 116 Å². The minimum atomic E-state index is -0.477. The van der Waals surface area contributed by atoms with Crippen LogP contribution in [-0.2, 0) is 6.54 Å². The van der Waals surface area contributed by atoms with Crippen molar-refractivity contribution in [3.05, 3.63) is 35.9 Å². The lowest BCUT2D eigenvalue weighted by Crippen LogP contribution is -2.38. The highest BCUT2D eigenvalue weighted by atomic mass is 16.2. The summed E-state index contributed by atoms with van der Waals surface area (Å²) in [7, 11) is -0.932. The highest BCUT2D eigenvalue weighted by Crippen LogP contribution is 1.96. The second kappa shape index (κ2) is 12.2. The van der Waals surface area contributed by atoms with Crippen molar-refractivity contribution in [1.29, 1.82) is 0 Å². The van der Waals surface area contributed by atoms with Gasteiger partial charge in [-0.25, -0.2) is 0 Å². The Bertz CT molecular complexity index is 302. The van der Waals surface area contributed by atoms with E-state index >= 15 is 0 Å². The SMILES string of the molecule is CB(O)NCN.CB(O)NCNCc1ccccc1. The van der Waals surface area contributed by atoms with E-state index < -0.39 is 14.1 Å². The van der Waals surface area contributed by atoms with Crippen molar-refractivity contribution in [3.63, 3.8) is 0 Å². The Hall–Kier alpha value is -0.890. The Balaban J connectivity index is 0.000000459. The molecule has 106 valence electrons. The normalized spacial score (nSPS) is 9.53. The van der Waals surface area contributed by atoms with Gasteiger partial charge in [0.25, 0.3) is 0 Å². The second-order valence-electron chi connectivity index (χ2n) is 4.05. The summed E-state index contributed by atoms with van der Waals surface area (Å²) in [5.41, 5.74) is 6.20. The lowest BCUT2D eigenvalue weighted by atomic mass is 9.90. The van der Waals surface area contributed by atoms with Gasteiger partial charge in [0.1, 0.15) is 0 Å². The van der Waals surface area contributed by atoms with E-state index in [0.29, 0.717) is 13.3 Å². The molecule has 0 aliphatic heterocycles. The van der Waals surface area contributed by atoms with Gasteiger partial charge in [-0.3, -0.25) is 0 Å². The molecule has 0 unspecified atom stereocenters. The summed E-state index contributed by atoms with van der Waals surface area (Å²) in [6, 6.07) is 10.2. The fourth-order valence-electron chi connectivity index (χ4n) is 1.19. The maximum absolute atomic E-state index is 8.90. The van der Waals surface area contributed by atoms with Gasteiger partial charge in [0, 0.05) is 19.9 Å². The highest BCUT2D eigenvalue weighted by Gasteiger charge is 1.98. The summed E-state index contributed by atoms with van der Waals surface area (Å²) < 4.78 is 0. The number of nitrogens with one attached hydrogen (secondary N) is 3. The molecule has 1 rings (SSSR count). The molecule has 1 aromatic carbocycles. The van der Waals surface area contributed by atoms with E-state index in [-0.39, 0.29) is 0 Å². The Morgan fingerprint density at radius 2 is 1.63 bits per heavy atom. The van der Waals surface area contributed by atoms with Gasteiger partial charge >= 0.3 is 14.1 Å². The first kappa shape index (κ1) is 18.1. The maximum atomic E-state index is 8.90. The summed E-state index contributed by atoms with van der Waals surface area (Å²) in [5.74, 6) is 0. The molecule has 6 nitrogen and oxygen atoms in total. The van der Waals surface area contributed by atoms with E-state index in [4.69, 9.17) is 15.8 Å². The average Bonchev–Trinajstić information content (AvgIpc) is 2.36. The summed E-state index contributed by atoms with van der Waals surface area (Å²) in [6.45, 7) is 5.09. The molecule has 0 aliphatic carbocycles. The molecule has 0 aliphatic rings. The van der Waals surface area contributed by atoms with E-state index in [2.05, 4.69) is 27.9 Å². The lowest BCUT2D eigenvalue weighted by Gasteiger charge is -2.06. The van der Waals surface area contributed by atoms with Gasteiger partial charge in [-0.05, 0) is 19.2 Å². The monoisotopic (exact) mass is 266 g/mol. The quantitative estimate of drug-likeness (QED) is 0.216. The molecule has 7 N–H and O–H groups in total. The Morgan fingerprint density at radius 3 is 2.05 bits per heavy atom. The Morgan fingerprint density at radius 1 is 1.05 bits per heavy atom. The van der Waals surface area contributed by atoms with Crippen LogP contribution in [0.1, 0.15) is 5.56 Å². The van der Waals surface area contributed by atoms with E-state index in [0.717, 1.165) is 6.54 Å². The standard InChI is InChI=1S/C9H15BN2O.C2H9BN2O/c1-10(13)12-8-11-7-9-5-3-2-4-6-9;1-3(6)5-2-4/h2-6,11-13H,7-8H2,1H3;5-6H,2,4H2,1H3. The van der Waals surface area contributed by atoms with Crippen LogP contribution < -0.4 is 21.5 Å². The molecule has 0 fully saturated rings. The van der Waals surface area contributed by atoms with Crippen LogP contribution >= 0.6 is 0 Å². The smallest absolute Gasteiger partial charge is 0.374 e. The van der Waals surface area contributed by atoms with Crippen molar-refractivity contribution in [2.24, 2.45) is 5.73 Å². The minimum absolute atomic E-state index is 0.331. The summed E-state index contributed by atoms with van der Waals surface area (Å²) in [5, 5.41) is 25.8. The Kier molecular flexibility index (Phi) is 11.6. The molecule has 0 saturated heterocycles. The van der Waals surface area contributed by atoms with Crippen molar-refractivity contribution in [3.8, 4) is 0 Å². The third-order valence-corrected chi connectivity index (χ3v) is 2.11. The van der Waals surface area contributed by atoms with Crippen LogP contribution in [0.25, 0.3) is 0 Å². The van der Waals surface area contributed by atoms with E-state index in [1.54, 1.807) is 13.6 Å². The molecule has 0 aromatic heterocycles. The lowest BCUT2D eigenvalue weighted by molar-refractivity contribution is 0.539. The van der Waals surface area contributed by atoms with Crippen LogP contribution in [0.15, 0.2) is 30.3 Å². The van der Waals surface area contributed by atoms with Crippen molar-refractivity contribution in [1.82, 2.24) is 15.8 Å². The zero-order valence-corrected chi connectivity index (χ0v) is 11.6. The molecule has 0 saturated carbocycles. The second-order valence-corrected chi connectivity index (χ2v) is 4.05.